The number of carbonyl (C=O) groups excluding carboxylic acids is 2. The van der Waals surface area contributed by atoms with Crippen LogP contribution >= 0.6 is 0 Å². The Morgan fingerprint density at radius 1 is 1.00 bits per heavy atom. The van der Waals surface area contributed by atoms with Crippen LogP contribution in [0.15, 0.2) is 24.3 Å². The van der Waals surface area contributed by atoms with Crippen LogP contribution in [0.5, 0.6) is 0 Å². The maximum absolute atomic E-state index is 14.1. The maximum Gasteiger partial charge on any atom is 0.432 e. The predicted molar refractivity (Wildman–Crippen MR) is 101 cm³/mol. The molecule has 0 aromatic heterocycles. The number of nitrogens with one attached hydrogen (secondary N) is 1. The molecule has 10 nitrogen and oxygen atoms in total. The molecule has 5 atom stereocenters. The van der Waals surface area contributed by atoms with Crippen molar-refractivity contribution in [3.63, 3.8) is 0 Å². The van der Waals surface area contributed by atoms with Gasteiger partial charge in [0, 0.05) is 18.1 Å². The SMILES string of the molecule is CCOC(=O)[C@@H]1C(c2cccc([N+](=O)[O-])c2)[C@H](C(=O)OCC)C(O)(C(F)(F)F)NC1(O)C(F)(F)F. The minimum Gasteiger partial charge on any atom is -0.466 e. The van der Waals surface area contributed by atoms with Crippen LogP contribution in [0.1, 0.15) is 25.3 Å². The molecule has 1 heterocycles. The molecular weight excluding hydrogens is 498 g/mol. The third kappa shape index (κ3) is 4.90. The van der Waals surface area contributed by atoms with E-state index >= 15 is 0 Å². The van der Waals surface area contributed by atoms with E-state index in [1.54, 1.807) is 0 Å². The van der Waals surface area contributed by atoms with Crippen LogP contribution in [0.4, 0.5) is 32.0 Å². The summed E-state index contributed by atoms with van der Waals surface area (Å²) >= 11 is 0. The second-order valence-corrected chi connectivity index (χ2v) is 7.49. The zero-order valence-electron chi connectivity index (χ0n) is 18.0. The van der Waals surface area contributed by atoms with Gasteiger partial charge < -0.3 is 19.7 Å². The van der Waals surface area contributed by atoms with Gasteiger partial charge in [-0.05, 0) is 19.4 Å². The first kappa shape index (κ1) is 28.3. The number of esters is 2. The number of rotatable bonds is 6. The van der Waals surface area contributed by atoms with Gasteiger partial charge in [-0.15, -0.1) is 0 Å². The van der Waals surface area contributed by atoms with Crippen molar-refractivity contribution in [2.75, 3.05) is 13.2 Å². The third-order valence-corrected chi connectivity index (χ3v) is 5.41. The Balaban J connectivity index is 3.02. The van der Waals surface area contributed by atoms with E-state index in [9.17, 15) is 56.3 Å². The summed E-state index contributed by atoms with van der Waals surface area (Å²) in [5.74, 6) is -12.5. The molecule has 196 valence electrons. The van der Waals surface area contributed by atoms with Crippen LogP contribution in [0.2, 0.25) is 0 Å². The van der Waals surface area contributed by atoms with E-state index in [0.717, 1.165) is 32.0 Å². The van der Waals surface area contributed by atoms with Crippen molar-refractivity contribution in [1.82, 2.24) is 5.32 Å². The Morgan fingerprint density at radius 3 is 1.77 bits per heavy atom. The average molecular weight is 518 g/mol. The highest BCUT2D eigenvalue weighted by Crippen LogP contribution is 2.55. The fourth-order valence-electron chi connectivity index (χ4n) is 3.98. The van der Waals surface area contributed by atoms with Gasteiger partial charge in [0.25, 0.3) is 5.69 Å². The van der Waals surface area contributed by atoms with E-state index < -0.39 is 82.9 Å². The number of benzene rings is 1. The van der Waals surface area contributed by atoms with Crippen molar-refractivity contribution in [3.05, 3.63) is 39.9 Å². The molecule has 0 radical (unpaired) electrons. The molecule has 0 amide bonds. The molecule has 1 aromatic rings. The van der Waals surface area contributed by atoms with Gasteiger partial charge in [-0.1, -0.05) is 12.1 Å². The molecule has 2 rings (SSSR count). The standard InChI is InChI=1S/C19H20F6N2O8/c1-3-34-14(28)12-11(9-6-5-7-10(8-9)27(32)33)13(15(29)35-4-2)17(31,19(23,24)25)26-16(12,30)18(20,21)22/h5-8,11-13,26,30-31H,3-4H2,1-2H3/t11?,12-,13+,16?,17?. The highest BCUT2D eigenvalue weighted by Gasteiger charge is 2.78. The Bertz CT molecular complexity index is 939. The first-order chi connectivity index (χ1) is 16.0. The third-order valence-electron chi connectivity index (χ3n) is 5.41. The Kier molecular flexibility index (Phi) is 7.73. The van der Waals surface area contributed by atoms with Crippen molar-refractivity contribution < 1.29 is 60.5 Å². The van der Waals surface area contributed by atoms with Gasteiger partial charge >= 0.3 is 24.3 Å². The van der Waals surface area contributed by atoms with Crippen LogP contribution in [0.3, 0.4) is 0 Å². The van der Waals surface area contributed by atoms with Crippen LogP contribution in [0.25, 0.3) is 0 Å². The number of hydrogen-bond acceptors (Lipinski definition) is 9. The maximum atomic E-state index is 14.1. The van der Waals surface area contributed by atoms with Gasteiger partial charge in [0.15, 0.2) is 0 Å². The number of alkyl halides is 6. The molecule has 0 aliphatic carbocycles. The second-order valence-electron chi connectivity index (χ2n) is 7.49. The first-order valence-corrected chi connectivity index (χ1v) is 9.91. The van der Waals surface area contributed by atoms with Crippen LogP contribution in [0, 0.1) is 22.0 Å². The van der Waals surface area contributed by atoms with Crippen molar-refractivity contribution in [3.8, 4) is 0 Å². The smallest absolute Gasteiger partial charge is 0.432 e. The number of nitro groups is 1. The summed E-state index contributed by atoms with van der Waals surface area (Å²) in [6.45, 7) is 1.13. The van der Waals surface area contributed by atoms with Gasteiger partial charge in [-0.2, -0.15) is 26.3 Å². The van der Waals surface area contributed by atoms with Crippen molar-refractivity contribution in [2.24, 2.45) is 11.8 Å². The molecule has 35 heavy (non-hydrogen) atoms. The second kappa shape index (κ2) is 9.58. The molecule has 0 spiro atoms. The largest absolute Gasteiger partial charge is 0.466 e. The summed E-state index contributed by atoms with van der Waals surface area (Å²) in [5.41, 5.74) is -11.2. The lowest BCUT2D eigenvalue weighted by Gasteiger charge is -2.54. The molecule has 0 saturated carbocycles. The molecular formula is C19H20F6N2O8. The molecule has 3 N–H and O–H groups in total. The summed E-state index contributed by atoms with van der Waals surface area (Å²) in [5, 5.41) is 32.9. The summed E-state index contributed by atoms with van der Waals surface area (Å²) in [6, 6.07) is 3.03. The van der Waals surface area contributed by atoms with E-state index in [1.165, 1.54) is 0 Å². The van der Waals surface area contributed by atoms with Crippen molar-refractivity contribution in [1.29, 1.82) is 0 Å². The van der Waals surface area contributed by atoms with E-state index in [-0.39, 0.29) is 0 Å². The summed E-state index contributed by atoms with van der Waals surface area (Å²) in [6.07, 6.45) is -12.1. The number of aliphatic hydroxyl groups is 2. The van der Waals surface area contributed by atoms with Crippen molar-refractivity contribution in [2.45, 2.75) is 43.6 Å². The quantitative estimate of drug-likeness (QED) is 0.223. The van der Waals surface area contributed by atoms with Crippen molar-refractivity contribution >= 4 is 17.6 Å². The molecule has 1 aliphatic rings. The number of nitro benzene ring substituents is 1. The fraction of sp³-hybridized carbons (Fsp3) is 0.579. The zero-order chi connectivity index (χ0) is 27.0. The van der Waals surface area contributed by atoms with E-state index in [1.807, 2.05) is 0 Å². The first-order valence-electron chi connectivity index (χ1n) is 9.91. The lowest BCUT2D eigenvalue weighted by atomic mass is 9.64. The molecule has 1 saturated heterocycles. The normalized spacial score (nSPS) is 29.4. The topological polar surface area (TPSA) is 148 Å². The molecule has 3 unspecified atom stereocenters. The number of carbonyl (C=O) groups is 2. The van der Waals surface area contributed by atoms with Gasteiger partial charge in [0.1, 0.15) is 11.8 Å². The van der Waals surface area contributed by atoms with Crippen LogP contribution in [-0.2, 0) is 19.1 Å². The highest BCUT2D eigenvalue weighted by molar-refractivity contribution is 5.81. The number of ether oxygens (including phenoxy) is 2. The minimum absolute atomic E-state index is 0.516. The van der Waals surface area contributed by atoms with E-state index in [4.69, 9.17) is 0 Å². The molecule has 0 bridgehead atoms. The number of hydrogen-bond donors (Lipinski definition) is 3. The number of piperidine rings is 1. The summed E-state index contributed by atoms with van der Waals surface area (Å²) in [7, 11) is 0. The minimum atomic E-state index is -6.05. The summed E-state index contributed by atoms with van der Waals surface area (Å²) < 4.78 is 93.5. The Morgan fingerprint density at radius 2 is 1.43 bits per heavy atom. The lowest BCUT2D eigenvalue weighted by Crippen LogP contribution is -2.81. The molecule has 1 aliphatic heterocycles. The lowest BCUT2D eigenvalue weighted by molar-refractivity contribution is -0.385. The number of halogens is 6. The zero-order valence-corrected chi connectivity index (χ0v) is 18.0. The van der Waals surface area contributed by atoms with E-state index in [2.05, 4.69) is 9.47 Å². The van der Waals surface area contributed by atoms with Crippen LogP contribution in [-0.4, -0.2) is 64.1 Å². The Hall–Kier alpha value is -2.98. The molecule has 16 heteroatoms. The Labute approximate surface area is 193 Å². The van der Waals surface area contributed by atoms with Gasteiger partial charge in [0.05, 0.1) is 18.1 Å². The van der Waals surface area contributed by atoms with E-state index in [0.29, 0.717) is 11.4 Å². The summed E-state index contributed by atoms with van der Waals surface area (Å²) in [4.78, 5) is 35.5. The molecule has 1 fully saturated rings. The number of non-ortho nitro benzene ring substituents is 1. The fourth-order valence-corrected chi connectivity index (χ4v) is 3.98. The van der Waals surface area contributed by atoms with Gasteiger partial charge in [-0.3, -0.25) is 19.7 Å². The molecule has 1 aromatic carbocycles. The average Bonchev–Trinajstić information content (AvgIpc) is 2.71. The predicted octanol–water partition coefficient (Wildman–Crippen LogP) is 2.14. The highest BCUT2D eigenvalue weighted by atomic mass is 19.4. The number of nitrogens with zero attached hydrogens (tertiary/aromatic N) is 1. The monoisotopic (exact) mass is 518 g/mol. The van der Waals surface area contributed by atoms with Gasteiger partial charge in [0.2, 0.25) is 11.4 Å². The van der Waals surface area contributed by atoms with Crippen LogP contribution < -0.4 is 5.32 Å². The van der Waals surface area contributed by atoms with Gasteiger partial charge in [-0.25, -0.2) is 5.32 Å².